The fourth-order valence-electron chi connectivity index (χ4n) is 1.52. The molecule has 96 valence electrons. The van der Waals surface area contributed by atoms with Crippen LogP contribution in [0.15, 0.2) is 30.8 Å². The van der Waals surface area contributed by atoms with Gasteiger partial charge in [0.2, 0.25) is 0 Å². The number of ketones is 1. The quantitative estimate of drug-likeness (QED) is 0.724. The maximum atomic E-state index is 11.5. The Morgan fingerprint density at radius 2 is 1.67 bits per heavy atom. The fourth-order valence-corrected chi connectivity index (χ4v) is 1.52. The van der Waals surface area contributed by atoms with Gasteiger partial charge in [0.25, 0.3) is 0 Å². The SMILES string of the molecule is C=C(CC(=O)CC)c1ccc(C(=O)OCC)cc1. The van der Waals surface area contributed by atoms with Gasteiger partial charge in [-0.05, 0) is 30.2 Å². The van der Waals surface area contributed by atoms with Crippen LogP contribution in [0.2, 0.25) is 0 Å². The molecule has 0 bridgehead atoms. The van der Waals surface area contributed by atoms with Crippen molar-refractivity contribution in [3.05, 3.63) is 42.0 Å². The van der Waals surface area contributed by atoms with E-state index in [-0.39, 0.29) is 11.8 Å². The third-order valence-electron chi connectivity index (χ3n) is 2.61. The molecule has 0 aromatic heterocycles. The number of benzene rings is 1. The van der Waals surface area contributed by atoms with Gasteiger partial charge in [0, 0.05) is 12.8 Å². The van der Waals surface area contributed by atoms with E-state index in [1.165, 1.54) is 0 Å². The van der Waals surface area contributed by atoms with Crippen molar-refractivity contribution in [2.75, 3.05) is 6.61 Å². The highest BCUT2D eigenvalue weighted by molar-refractivity contribution is 5.91. The van der Waals surface area contributed by atoms with E-state index in [1.54, 1.807) is 31.2 Å². The summed E-state index contributed by atoms with van der Waals surface area (Å²) < 4.78 is 4.89. The van der Waals surface area contributed by atoms with Crippen LogP contribution in [-0.2, 0) is 9.53 Å². The lowest BCUT2D eigenvalue weighted by Gasteiger charge is -2.06. The molecular formula is C15H18O3. The van der Waals surface area contributed by atoms with Gasteiger partial charge in [-0.1, -0.05) is 25.6 Å². The summed E-state index contributed by atoms with van der Waals surface area (Å²) in [5.74, 6) is -0.172. The van der Waals surface area contributed by atoms with Gasteiger partial charge in [-0.15, -0.1) is 0 Å². The monoisotopic (exact) mass is 246 g/mol. The average Bonchev–Trinajstić information content (AvgIpc) is 2.39. The fraction of sp³-hybridized carbons (Fsp3) is 0.333. The first kappa shape index (κ1) is 14.2. The molecule has 0 spiro atoms. The third-order valence-corrected chi connectivity index (χ3v) is 2.61. The summed E-state index contributed by atoms with van der Waals surface area (Å²) in [5, 5.41) is 0. The Bertz CT molecular complexity index is 443. The number of carbonyl (C=O) groups excluding carboxylic acids is 2. The number of hydrogen-bond acceptors (Lipinski definition) is 3. The number of allylic oxidation sites excluding steroid dienone is 1. The van der Waals surface area contributed by atoms with Crippen LogP contribution in [0.5, 0.6) is 0 Å². The van der Waals surface area contributed by atoms with Crippen LogP contribution < -0.4 is 0 Å². The molecule has 0 radical (unpaired) electrons. The Hall–Kier alpha value is -1.90. The van der Waals surface area contributed by atoms with Gasteiger partial charge in [-0.25, -0.2) is 4.79 Å². The normalized spacial score (nSPS) is 9.89. The lowest BCUT2D eigenvalue weighted by molar-refractivity contribution is -0.117. The summed E-state index contributed by atoms with van der Waals surface area (Å²) in [6.45, 7) is 7.85. The molecule has 1 aromatic rings. The van der Waals surface area contributed by atoms with Gasteiger partial charge in [0.1, 0.15) is 5.78 Å². The molecule has 1 rings (SSSR count). The summed E-state index contributed by atoms with van der Waals surface area (Å²) in [5.41, 5.74) is 2.16. The molecule has 0 atom stereocenters. The van der Waals surface area contributed by atoms with Gasteiger partial charge in [-0.2, -0.15) is 0 Å². The second kappa shape index (κ2) is 6.74. The summed E-state index contributed by atoms with van der Waals surface area (Å²) in [7, 11) is 0. The van der Waals surface area contributed by atoms with Crippen molar-refractivity contribution in [1.29, 1.82) is 0 Å². The van der Waals surface area contributed by atoms with Crippen LogP contribution in [0.1, 0.15) is 42.6 Å². The second-order valence-electron chi connectivity index (χ2n) is 3.97. The van der Waals surface area contributed by atoms with E-state index in [1.807, 2.05) is 6.92 Å². The molecule has 0 aliphatic rings. The standard InChI is InChI=1S/C15H18O3/c1-4-14(16)10-11(3)12-6-8-13(9-7-12)15(17)18-5-2/h6-9H,3-5,10H2,1-2H3. The molecule has 1 aromatic carbocycles. The zero-order chi connectivity index (χ0) is 13.5. The van der Waals surface area contributed by atoms with Gasteiger partial charge in [-0.3, -0.25) is 4.79 Å². The summed E-state index contributed by atoms with van der Waals surface area (Å²) in [6.07, 6.45) is 0.870. The van der Waals surface area contributed by atoms with E-state index in [4.69, 9.17) is 4.74 Å². The van der Waals surface area contributed by atoms with Gasteiger partial charge >= 0.3 is 5.97 Å². The molecule has 0 saturated heterocycles. The van der Waals surface area contributed by atoms with E-state index in [2.05, 4.69) is 6.58 Å². The second-order valence-corrected chi connectivity index (χ2v) is 3.97. The van der Waals surface area contributed by atoms with Crippen LogP contribution in [0.3, 0.4) is 0 Å². The first-order valence-corrected chi connectivity index (χ1v) is 6.05. The maximum absolute atomic E-state index is 11.5. The molecule has 0 aliphatic carbocycles. The molecule has 3 nitrogen and oxygen atoms in total. The van der Waals surface area contributed by atoms with Crippen LogP contribution in [0.25, 0.3) is 5.57 Å². The minimum Gasteiger partial charge on any atom is -0.462 e. The molecule has 0 heterocycles. The highest BCUT2D eigenvalue weighted by Gasteiger charge is 2.08. The molecule has 0 unspecified atom stereocenters. The van der Waals surface area contributed by atoms with Crippen molar-refractivity contribution in [1.82, 2.24) is 0 Å². The summed E-state index contributed by atoms with van der Waals surface area (Å²) in [4.78, 5) is 22.8. The molecule has 3 heteroatoms. The molecule has 0 aliphatic heterocycles. The number of esters is 1. The lowest BCUT2D eigenvalue weighted by atomic mass is 10.0. The molecule has 0 saturated carbocycles. The predicted octanol–water partition coefficient (Wildman–Crippen LogP) is 3.25. The smallest absolute Gasteiger partial charge is 0.338 e. The van der Waals surface area contributed by atoms with Crippen molar-refractivity contribution in [3.8, 4) is 0 Å². The van der Waals surface area contributed by atoms with E-state index < -0.39 is 0 Å². The molecule has 18 heavy (non-hydrogen) atoms. The van der Waals surface area contributed by atoms with Crippen molar-refractivity contribution in [2.45, 2.75) is 26.7 Å². The zero-order valence-electron chi connectivity index (χ0n) is 10.9. The van der Waals surface area contributed by atoms with E-state index in [0.29, 0.717) is 25.0 Å². The Kier molecular flexibility index (Phi) is 5.31. The minimum atomic E-state index is -0.334. The number of hydrogen-bond donors (Lipinski definition) is 0. The highest BCUT2D eigenvalue weighted by atomic mass is 16.5. The van der Waals surface area contributed by atoms with Crippen molar-refractivity contribution in [2.24, 2.45) is 0 Å². The van der Waals surface area contributed by atoms with Crippen molar-refractivity contribution >= 4 is 17.3 Å². The number of rotatable bonds is 6. The maximum Gasteiger partial charge on any atom is 0.338 e. The van der Waals surface area contributed by atoms with Crippen LogP contribution >= 0.6 is 0 Å². The summed E-state index contributed by atoms with van der Waals surface area (Å²) in [6, 6.07) is 6.96. The summed E-state index contributed by atoms with van der Waals surface area (Å²) >= 11 is 0. The first-order chi connectivity index (χ1) is 8.58. The number of Topliss-reactive ketones (excluding diaryl/α,β-unsaturated/α-hetero) is 1. The Morgan fingerprint density at radius 3 is 2.17 bits per heavy atom. The van der Waals surface area contributed by atoms with E-state index in [0.717, 1.165) is 11.1 Å². The molecular weight excluding hydrogens is 228 g/mol. The van der Waals surface area contributed by atoms with E-state index in [9.17, 15) is 9.59 Å². The largest absolute Gasteiger partial charge is 0.462 e. The van der Waals surface area contributed by atoms with Gasteiger partial charge in [0.05, 0.1) is 12.2 Å². The Morgan fingerprint density at radius 1 is 1.11 bits per heavy atom. The van der Waals surface area contributed by atoms with Gasteiger partial charge < -0.3 is 4.74 Å². The highest BCUT2D eigenvalue weighted by Crippen LogP contribution is 2.18. The average molecular weight is 246 g/mol. The lowest BCUT2D eigenvalue weighted by Crippen LogP contribution is -2.04. The number of ether oxygens (including phenoxy) is 1. The predicted molar refractivity (Wildman–Crippen MR) is 71.3 cm³/mol. The Balaban J connectivity index is 2.73. The van der Waals surface area contributed by atoms with Gasteiger partial charge in [0.15, 0.2) is 0 Å². The topological polar surface area (TPSA) is 43.4 Å². The van der Waals surface area contributed by atoms with Crippen molar-refractivity contribution < 1.29 is 14.3 Å². The van der Waals surface area contributed by atoms with Crippen molar-refractivity contribution in [3.63, 3.8) is 0 Å². The minimum absolute atomic E-state index is 0.162. The Labute approximate surface area is 107 Å². The van der Waals surface area contributed by atoms with E-state index >= 15 is 0 Å². The van der Waals surface area contributed by atoms with Crippen LogP contribution in [0, 0.1) is 0 Å². The third kappa shape index (κ3) is 3.84. The molecule has 0 amide bonds. The van der Waals surface area contributed by atoms with Crippen LogP contribution in [0.4, 0.5) is 0 Å². The first-order valence-electron chi connectivity index (χ1n) is 6.05. The zero-order valence-corrected chi connectivity index (χ0v) is 10.9. The number of carbonyl (C=O) groups is 2. The molecule has 0 N–H and O–H groups in total. The van der Waals surface area contributed by atoms with Crippen LogP contribution in [-0.4, -0.2) is 18.4 Å². The molecule has 0 fully saturated rings.